The third kappa shape index (κ3) is 1.26. The lowest BCUT2D eigenvalue weighted by atomic mass is 9.90. The first-order valence-corrected chi connectivity index (χ1v) is 5.07. The van der Waals surface area contributed by atoms with Crippen molar-refractivity contribution in [3.05, 3.63) is 0 Å². The Hall–Kier alpha value is -1.10. The molecule has 4 atom stereocenters. The number of hydrogen-bond acceptors (Lipinski definition) is 3. The molecule has 0 spiro atoms. The summed E-state index contributed by atoms with van der Waals surface area (Å²) in [5.74, 6) is -4.35. The van der Waals surface area contributed by atoms with Gasteiger partial charge in [0, 0.05) is 0 Å². The molecule has 2 aliphatic rings. The highest BCUT2D eigenvalue weighted by Gasteiger charge is 2.73. The third-order valence-electron chi connectivity index (χ3n) is 3.83. The van der Waals surface area contributed by atoms with Gasteiger partial charge in [-0.1, -0.05) is 6.92 Å². The quantitative estimate of drug-likeness (QED) is 0.582. The molecule has 0 aliphatic heterocycles. The predicted molar refractivity (Wildman–Crippen MR) is 49.1 cm³/mol. The van der Waals surface area contributed by atoms with Crippen LogP contribution in [0.1, 0.15) is 19.8 Å². The highest BCUT2D eigenvalue weighted by Crippen LogP contribution is 2.65. The average Bonchev–Trinajstić information content (AvgIpc) is 2.50. The number of hydrogen-bond donors (Lipinski definition) is 3. The Morgan fingerprint density at radius 3 is 1.93 bits per heavy atom. The summed E-state index contributed by atoms with van der Waals surface area (Å²) >= 11 is 0. The maximum Gasteiger partial charge on any atom is 0.320 e. The molecule has 0 saturated heterocycles. The first-order valence-electron chi connectivity index (χ1n) is 5.07. The van der Waals surface area contributed by atoms with Crippen molar-refractivity contribution in [3.63, 3.8) is 0 Å². The van der Waals surface area contributed by atoms with E-state index in [1.54, 1.807) is 0 Å². The Bertz CT molecular complexity index is 298. The van der Waals surface area contributed by atoms with Crippen LogP contribution in [0.4, 0.5) is 0 Å². The van der Waals surface area contributed by atoms with Crippen LogP contribution in [0.2, 0.25) is 0 Å². The molecule has 2 fully saturated rings. The molecule has 15 heavy (non-hydrogen) atoms. The molecule has 0 aromatic rings. The zero-order valence-electron chi connectivity index (χ0n) is 8.38. The summed E-state index contributed by atoms with van der Waals surface area (Å²) in [6.07, 6.45) is 1.47. The zero-order chi connectivity index (χ0) is 11.4. The molecule has 0 aromatic carbocycles. The van der Waals surface area contributed by atoms with Gasteiger partial charge in [-0.05, 0) is 30.6 Å². The molecule has 0 aromatic heterocycles. The van der Waals surface area contributed by atoms with E-state index in [9.17, 15) is 14.7 Å². The van der Waals surface area contributed by atoms with E-state index in [2.05, 4.69) is 0 Å². The van der Waals surface area contributed by atoms with E-state index in [-0.39, 0.29) is 11.8 Å². The number of aliphatic hydroxyl groups is 1. The van der Waals surface area contributed by atoms with Gasteiger partial charge in [-0.15, -0.1) is 0 Å². The number of fused-ring (bicyclic) bond motifs is 1. The molecule has 5 heteroatoms. The summed E-state index contributed by atoms with van der Waals surface area (Å²) in [5.41, 5.74) is -1.50. The molecule has 2 unspecified atom stereocenters. The fourth-order valence-electron chi connectivity index (χ4n) is 3.14. The lowest BCUT2D eigenvalue weighted by Gasteiger charge is -2.20. The van der Waals surface area contributed by atoms with Crippen molar-refractivity contribution in [1.82, 2.24) is 0 Å². The highest BCUT2D eigenvalue weighted by atomic mass is 16.4. The second-order valence-corrected chi connectivity index (χ2v) is 4.79. The van der Waals surface area contributed by atoms with Gasteiger partial charge in [0.05, 0.1) is 5.60 Å². The van der Waals surface area contributed by atoms with E-state index in [0.717, 1.165) is 12.8 Å². The van der Waals surface area contributed by atoms with Crippen LogP contribution in [0.25, 0.3) is 0 Å². The Labute approximate surface area is 86.7 Å². The SMILES string of the molecule is CC1C[C@@H]2[C@H](C1)C2(O)C(C(=O)O)C(=O)O. The molecular weight excluding hydrogens is 200 g/mol. The summed E-state index contributed by atoms with van der Waals surface area (Å²) in [4.78, 5) is 21.6. The Morgan fingerprint density at radius 2 is 1.60 bits per heavy atom. The summed E-state index contributed by atoms with van der Waals surface area (Å²) < 4.78 is 0. The van der Waals surface area contributed by atoms with Crippen LogP contribution in [0.15, 0.2) is 0 Å². The first kappa shape index (κ1) is 10.4. The molecule has 2 saturated carbocycles. The van der Waals surface area contributed by atoms with E-state index < -0.39 is 23.5 Å². The third-order valence-corrected chi connectivity index (χ3v) is 3.83. The Balaban J connectivity index is 2.18. The molecule has 84 valence electrons. The fraction of sp³-hybridized carbons (Fsp3) is 0.800. The maximum atomic E-state index is 10.8. The van der Waals surface area contributed by atoms with Crippen molar-refractivity contribution in [2.75, 3.05) is 0 Å². The zero-order valence-corrected chi connectivity index (χ0v) is 8.38. The lowest BCUT2D eigenvalue weighted by molar-refractivity contribution is -0.163. The van der Waals surface area contributed by atoms with Gasteiger partial charge in [-0.2, -0.15) is 0 Å². The van der Waals surface area contributed by atoms with E-state index in [0.29, 0.717) is 5.92 Å². The van der Waals surface area contributed by atoms with E-state index in [1.807, 2.05) is 6.92 Å². The lowest BCUT2D eigenvalue weighted by Crippen LogP contribution is -2.40. The normalized spacial score (nSPS) is 42.7. The first-order chi connectivity index (χ1) is 6.89. The molecule has 3 N–H and O–H groups in total. The monoisotopic (exact) mass is 214 g/mol. The van der Waals surface area contributed by atoms with Crippen molar-refractivity contribution >= 4 is 11.9 Å². The predicted octanol–water partition coefficient (Wildman–Crippen LogP) is 0.179. The molecule has 0 amide bonds. The smallest absolute Gasteiger partial charge is 0.320 e. The van der Waals surface area contributed by atoms with Crippen LogP contribution in [-0.4, -0.2) is 32.9 Å². The van der Waals surface area contributed by atoms with Crippen LogP contribution in [0, 0.1) is 23.7 Å². The van der Waals surface area contributed by atoms with E-state index in [4.69, 9.17) is 10.2 Å². The van der Waals surface area contributed by atoms with Crippen LogP contribution in [0.5, 0.6) is 0 Å². The number of aliphatic carboxylic acids is 2. The molecule has 0 radical (unpaired) electrons. The molecule has 2 rings (SSSR count). The van der Waals surface area contributed by atoms with Crippen molar-refractivity contribution in [2.24, 2.45) is 23.7 Å². The van der Waals surface area contributed by atoms with E-state index >= 15 is 0 Å². The second kappa shape index (κ2) is 2.95. The van der Waals surface area contributed by atoms with Crippen molar-refractivity contribution in [1.29, 1.82) is 0 Å². The van der Waals surface area contributed by atoms with Gasteiger partial charge in [0.15, 0.2) is 5.92 Å². The van der Waals surface area contributed by atoms with E-state index in [1.165, 1.54) is 0 Å². The second-order valence-electron chi connectivity index (χ2n) is 4.79. The maximum absolute atomic E-state index is 10.8. The molecule has 2 aliphatic carbocycles. The summed E-state index contributed by atoms with van der Waals surface area (Å²) in [5, 5.41) is 27.7. The molecular formula is C10H14O5. The molecule has 0 heterocycles. The summed E-state index contributed by atoms with van der Waals surface area (Å²) in [7, 11) is 0. The van der Waals surface area contributed by atoms with Gasteiger partial charge < -0.3 is 15.3 Å². The summed E-state index contributed by atoms with van der Waals surface area (Å²) in [6.45, 7) is 2.03. The van der Waals surface area contributed by atoms with Crippen molar-refractivity contribution in [3.8, 4) is 0 Å². The van der Waals surface area contributed by atoms with Gasteiger partial charge >= 0.3 is 11.9 Å². The summed E-state index contributed by atoms with van der Waals surface area (Å²) in [6, 6.07) is 0. The van der Waals surface area contributed by atoms with Gasteiger partial charge in [0.2, 0.25) is 0 Å². The topological polar surface area (TPSA) is 94.8 Å². The fourth-order valence-corrected chi connectivity index (χ4v) is 3.14. The standard InChI is InChI=1S/C10H14O5/c1-4-2-5-6(3-4)10(5,15)7(8(11)12)9(13)14/h4-7,15H,2-3H2,1H3,(H,11,12)(H,13,14)/t4?,5-,6+,10?. The average molecular weight is 214 g/mol. The number of rotatable bonds is 3. The number of carboxylic acids is 2. The van der Waals surface area contributed by atoms with Gasteiger partial charge in [0.1, 0.15) is 0 Å². The molecule has 5 nitrogen and oxygen atoms in total. The minimum Gasteiger partial charge on any atom is -0.481 e. The largest absolute Gasteiger partial charge is 0.481 e. The van der Waals surface area contributed by atoms with Crippen LogP contribution in [0.3, 0.4) is 0 Å². The number of carbonyl (C=O) groups is 2. The van der Waals surface area contributed by atoms with Crippen LogP contribution in [-0.2, 0) is 9.59 Å². The van der Waals surface area contributed by atoms with Gasteiger partial charge in [-0.3, -0.25) is 9.59 Å². The van der Waals surface area contributed by atoms with Crippen molar-refractivity contribution in [2.45, 2.75) is 25.4 Å². The highest BCUT2D eigenvalue weighted by molar-refractivity contribution is 5.95. The van der Waals surface area contributed by atoms with Crippen molar-refractivity contribution < 1.29 is 24.9 Å². The van der Waals surface area contributed by atoms with Gasteiger partial charge in [0.25, 0.3) is 0 Å². The Kier molecular flexibility index (Phi) is 2.05. The molecule has 0 bridgehead atoms. The number of carboxylic acid groups (broad SMARTS) is 2. The van der Waals surface area contributed by atoms with Crippen LogP contribution < -0.4 is 0 Å². The minimum atomic E-state index is -1.67. The van der Waals surface area contributed by atoms with Gasteiger partial charge in [-0.25, -0.2) is 0 Å². The Morgan fingerprint density at radius 1 is 1.20 bits per heavy atom. The minimum absolute atomic E-state index is 0.135. The van der Waals surface area contributed by atoms with Crippen LogP contribution >= 0.6 is 0 Å².